The van der Waals surface area contributed by atoms with E-state index in [1.54, 1.807) is 15.9 Å². The molecule has 0 aromatic carbocycles. The molecule has 2 rings (SSSR count). The lowest BCUT2D eigenvalue weighted by Gasteiger charge is -2.09. The lowest BCUT2D eigenvalue weighted by Crippen LogP contribution is -2.23. The van der Waals surface area contributed by atoms with Gasteiger partial charge in [0.1, 0.15) is 4.83 Å². The molecule has 0 saturated carbocycles. The van der Waals surface area contributed by atoms with E-state index >= 15 is 0 Å². The molecule has 0 spiro atoms. The third-order valence-electron chi connectivity index (χ3n) is 2.63. The van der Waals surface area contributed by atoms with Crippen molar-refractivity contribution in [2.45, 2.75) is 32.0 Å². The summed E-state index contributed by atoms with van der Waals surface area (Å²) in [6.07, 6.45) is 2.88. The number of nitrogens with zero attached hydrogens (tertiary/aromatic N) is 2. The number of fused-ring (bicyclic) bond motifs is 1. The highest BCUT2D eigenvalue weighted by molar-refractivity contribution is 7.98. The second-order valence-electron chi connectivity index (χ2n) is 4.23. The summed E-state index contributed by atoms with van der Waals surface area (Å²) in [5, 5.41) is 1.50. The van der Waals surface area contributed by atoms with Gasteiger partial charge in [-0.25, -0.2) is 4.98 Å². The number of thiophene rings is 1. The van der Waals surface area contributed by atoms with Crippen molar-refractivity contribution in [3.8, 4) is 0 Å². The van der Waals surface area contributed by atoms with Crippen LogP contribution < -0.4 is 5.56 Å². The number of hydrogen-bond acceptors (Lipinski definition) is 4. The van der Waals surface area contributed by atoms with Gasteiger partial charge in [-0.2, -0.15) is 0 Å². The van der Waals surface area contributed by atoms with E-state index in [0.29, 0.717) is 6.54 Å². The van der Waals surface area contributed by atoms with Crippen LogP contribution in [0.15, 0.2) is 28.2 Å². The van der Waals surface area contributed by atoms with Crippen molar-refractivity contribution in [1.29, 1.82) is 0 Å². The summed E-state index contributed by atoms with van der Waals surface area (Å²) in [6.45, 7) is 8.42. The Bertz CT molecular complexity index is 655. The molecular weight excluding hydrogens is 264 g/mol. The highest BCUT2D eigenvalue weighted by Crippen LogP contribution is 2.24. The fourth-order valence-corrected chi connectivity index (χ4v) is 3.35. The van der Waals surface area contributed by atoms with E-state index in [9.17, 15) is 4.79 Å². The first kappa shape index (κ1) is 13.4. The lowest BCUT2D eigenvalue weighted by molar-refractivity contribution is 0.653. The van der Waals surface area contributed by atoms with Crippen LogP contribution in [0.4, 0.5) is 0 Å². The van der Waals surface area contributed by atoms with Crippen molar-refractivity contribution in [1.82, 2.24) is 9.55 Å². The van der Waals surface area contributed by atoms with Gasteiger partial charge >= 0.3 is 0 Å². The van der Waals surface area contributed by atoms with E-state index in [-0.39, 0.29) is 5.56 Å². The largest absolute Gasteiger partial charge is 0.283 e. The van der Waals surface area contributed by atoms with Crippen LogP contribution in [0.5, 0.6) is 0 Å². The number of aryl methyl sites for hydroxylation is 1. The molecule has 96 valence electrons. The number of allylic oxidation sites excluding steroid dienone is 1. The molecule has 0 amide bonds. The Hall–Kier alpha value is -1.07. The van der Waals surface area contributed by atoms with Crippen LogP contribution in [0.2, 0.25) is 0 Å². The minimum absolute atomic E-state index is 0.0447. The molecule has 0 saturated heterocycles. The molecule has 2 aromatic rings. The van der Waals surface area contributed by atoms with Crippen LogP contribution in [-0.4, -0.2) is 15.8 Å². The predicted octanol–water partition coefficient (Wildman–Crippen LogP) is 3.32. The van der Waals surface area contributed by atoms with Gasteiger partial charge in [0.25, 0.3) is 5.56 Å². The molecule has 5 heteroatoms. The van der Waals surface area contributed by atoms with Crippen molar-refractivity contribution in [2.24, 2.45) is 0 Å². The molecule has 2 heterocycles. The van der Waals surface area contributed by atoms with Crippen molar-refractivity contribution < 1.29 is 0 Å². The van der Waals surface area contributed by atoms with E-state index in [4.69, 9.17) is 0 Å². The van der Waals surface area contributed by atoms with Gasteiger partial charge in [-0.3, -0.25) is 9.36 Å². The van der Waals surface area contributed by atoms with Gasteiger partial charge in [0.15, 0.2) is 5.16 Å². The molecule has 0 N–H and O–H groups in total. The summed E-state index contributed by atoms with van der Waals surface area (Å²) in [6, 6.07) is 1.97. The number of thioether (sulfide) groups is 1. The summed E-state index contributed by atoms with van der Waals surface area (Å²) >= 11 is 3.11. The highest BCUT2D eigenvalue weighted by atomic mass is 32.2. The molecule has 0 fully saturated rings. The molecule has 2 aromatic heterocycles. The monoisotopic (exact) mass is 280 g/mol. The fourth-order valence-electron chi connectivity index (χ4n) is 1.79. The third-order valence-corrected chi connectivity index (χ3v) is 4.48. The zero-order chi connectivity index (χ0) is 13.3. The van der Waals surface area contributed by atoms with Crippen LogP contribution >= 0.6 is 23.1 Å². The molecule has 0 radical (unpaired) electrons. The lowest BCUT2D eigenvalue weighted by atomic mass is 10.3. The van der Waals surface area contributed by atoms with Gasteiger partial charge in [0.05, 0.1) is 5.39 Å². The molecule has 0 bridgehead atoms. The van der Waals surface area contributed by atoms with E-state index < -0.39 is 0 Å². The molecule has 0 aliphatic heterocycles. The number of hydrogen-bond donors (Lipinski definition) is 0. The number of aromatic nitrogens is 2. The molecule has 18 heavy (non-hydrogen) atoms. The smallest absolute Gasteiger partial charge is 0.263 e. The average molecular weight is 280 g/mol. The van der Waals surface area contributed by atoms with Gasteiger partial charge in [-0.1, -0.05) is 30.8 Å². The van der Waals surface area contributed by atoms with Crippen molar-refractivity contribution in [2.75, 3.05) is 6.26 Å². The highest BCUT2D eigenvalue weighted by Gasteiger charge is 2.13. The first-order valence-corrected chi connectivity index (χ1v) is 7.82. The Morgan fingerprint density at radius 1 is 1.61 bits per heavy atom. The first-order valence-electron chi connectivity index (χ1n) is 5.78. The zero-order valence-corrected chi connectivity index (χ0v) is 12.5. The number of rotatable bonds is 4. The maximum Gasteiger partial charge on any atom is 0.263 e. The molecule has 0 atom stereocenters. The molecule has 0 aliphatic rings. The summed E-state index contributed by atoms with van der Waals surface area (Å²) in [5.41, 5.74) is 1.00. The molecule has 3 nitrogen and oxygen atoms in total. The zero-order valence-electron chi connectivity index (χ0n) is 10.8. The maximum absolute atomic E-state index is 12.4. The van der Waals surface area contributed by atoms with E-state index in [2.05, 4.69) is 18.5 Å². The molecule has 0 aliphatic carbocycles. The minimum atomic E-state index is 0.0447. The van der Waals surface area contributed by atoms with E-state index in [1.807, 2.05) is 19.2 Å². The molecular formula is C13H16N2OS2. The SMILES string of the molecule is C=C(C)Cn1c(SC)nc2sc(CC)cc2c1=O. The van der Waals surface area contributed by atoms with Gasteiger partial charge in [-0.05, 0) is 25.7 Å². The van der Waals surface area contributed by atoms with Crippen LogP contribution in [0, 0.1) is 0 Å². The van der Waals surface area contributed by atoms with Crippen molar-refractivity contribution in [3.05, 3.63) is 33.4 Å². The minimum Gasteiger partial charge on any atom is -0.283 e. The van der Waals surface area contributed by atoms with Crippen LogP contribution in [0.3, 0.4) is 0 Å². The van der Waals surface area contributed by atoms with Gasteiger partial charge in [0, 0.05) is 11.4 Å². The van der Waals surface area contributed by atoms with Crippen LogP contribution in [0.1, 0.15) is 18.7 Å². The third kappa shape index (κ3) is 2.37. The topological polar surface area (TPSA) is 34.9 Å². The summed E-state index contributed by atoms with van der Waals surface area (Å²) in [4.78, 5) is 19.1. The van der Waals surface area contributed by atoms with Crippen LogP contribution in [-0.2, 0) is 13.0 Å². The normalized spacial score (nSPS) is 11.1. The second-order valence-corrected chi connectivity index (χ2v) is 6.12. The summed E-state index contributed by atoms with van der Waals surface area (Å²) in [5.74, 6) is 0. The first-order chi connectivity index (χ1) is 8.56. The Morgan fingerprint density at radius 3 is 2.89 bits per heavy atom. The van der Waals surface area contributed by atoms with Gasteiger partial charge in [0.2, 0.25) is 0 Å². The Labute approximate surface area is 115 Å². The van der Waals surface area contributed by atoms with Crippen molar-refractivity contribution >= 4 is 33.3 Å². The van der Waals surface area contributed by atoms with Crippen molar-refractivity contribution in [3.63, 3.8) is 0 Å². The quantitative estimate of drug-likeness (QED) is 0.489. The average Bonchev–Trinajstić information content (AvgIpc) is 2.75. The van der Waals surface area contributed by atoms with Gasteiger partial charge in [-0.15, -0.1) is 11.3 Å². The van der Waals surface area contributed by atoms with Gasteiger partial charge < -0.3 is 0 Å². The Kier molecular flexibility index (Phi) is 3.92. The van der Waals surface area contributed by atoms with Crippen LogP contribution in [0.25, 0.3) is 10.2 Å². The Balaban J connectivity index is 2.71. The maximum atomic E-state index is 12.4. The predicted molar refractivity (Wildman–Crippen MR) is 79.9 cm³/mol. The summed E-state index contributed by atoms with van der Waals surface area (Å²) in [7, 11) is 0. The molecule has 0 unspecified atom stereocenters. The standard InChI is InChI=1S/C13H16N2OS2/c1-5-9-6-10-11(18-9)14-13(17-4)15(12(10)16)7-8(2)3/h6H,2,5,7H2,1,3-4H3. The van der Waals surface area contributed by atoms with E-state index in [1.165, 1.54) is 16.6 Å². The fraction of sp³-hybridized carbons (Fsp3) is 0.385. The Morgan fingerprint density at radius 2 is 2.33 bits per heavy atom. The second kappa shape index (κ2) is 5.28. The van der Waals surface area contributed by atoms with E-state index in [0.717, 1.165) is 27.4 Å². The summed E-state index contributed by atoms with van der Waals surface area (Å²) < 4.78 is 1.71.